The smallest absolute Gasteiger partial charge is 0.0681 e. The molecule has 0 atom stereocenters. The van der Waals surface area contributed by atoms with Gasteiger partial charge in [-0.2, -0.15) is 0 Å². The van der Waals surface area contributed by atoms with Gasteiger partial charge in [-0.1, -0.05) is 38.1 Å². The number of aliphatic hydroxyl groups excluding tert-OH is 2. The average molecular weight is 168 g/mol. The maximum absolute atomic E-state index is 8.68. The summed E-state index contributed by atoms with van der Waals surface area (Å²) in [6, 6.07) is 7.23. The molecule has 0 radical (unpaired) electrons. The van der Waals surface area contributed by atoms with E-state index in [1.807, 2.05) is 32.0 Å². The predicted octanol–water partition coefficient (Wildman–Crippen LogP) is 1.70. The summed E-state index contributed by atoms with van der Waals surface area (Å²) < 4.78 is 0. The highest BCUT2D eigenvalue weighted by Crippen LogP contribution is 2.04. The van der Waals surface area contributed by atoms with E-state index in [0.717, 1.165) is 11.1 Å². The van der Waals surface area contributed by atoms with Crippen LogP contribution >= 0.6 is 0 Å². The van der Waals surface area contributed by atoms with E-state index in [0.29, 0.717) is 0 Å². The molecule has 2 N–H and O–H groups in total. The highest BCUT2D eigenvalue weighted by atomic mass is 16.3. The van der Waals surface area contributed by atoms with Gasteiger partial charge in [0.1, 0.15) is 0 Å². The van der Waals surface area contributed by atoms with Crippen LogP contribution in [0.3, 0.4) is 0 Å². The molecule has 0 amide bonds. The van der Waals surface area contributed by atoms with Gasteiger partial charge >= 0.3 is 0 Å². The summed E-state index contributed by atoms with van der Waals surface area (Å²) >= 11 is 0. The molecule has 1 rings (SSSR count). The molecule has 68 valence electrons. The molecular weight excluding hydrogens is 152 g/mol. The lowest BCUT2D eigenvalue weighted by Crippen LogP contribution is -1.86. The molecule has 0 spiro atoms. The maximum Gasteiger partial charge on any atom is 0.0681 e. The van der Waals surface area contributed by atoms with Gasteiger partial charge in [-0.25, -0.2) is 0 Å². The van der Waals surface area contributed by atoms with Crippen molar-refractivity contribution < 1.29 is 10.2 Å². The van der Waals surface area contributed by atoms with Gasteiger partial charge in [0.25, 0.3) is 0 Å². The van der Waals surface area contributed by atoms with Gasteiger partial charge in [-0.05, 0) is 11.1 Å². The fourth-order valence-corrected chi connectivity index (χ4v) is 0.826. The molecule has 2 heteroatoms. The third-order valence-electron chi connectivity index (χ3n) is 1.36. The van der Waals surface area contributed by atoms with E-state index in [2.05, 4.69) is 0 Å². The van der Waals surface area contributed by atoms with Gasteiger partial charge < -0.3 is 10.2 Å². The van der Waals surface area contributed by atoms with Gasteiger partial charge in [0.15, 0.2) is 0 Å². The minimum atomic E-state index is 0.0356. The second-order valence-corrected chi connectivity index (χ2v) is 2.14. The number of hydrogen-bond acceptors (Lipinski definition) is 2. The fourth-order valence-electron chi connectivity index (χ4n) is 0.826. The second-order valence-electron chi connectivity index (χ2n) is 2.14. The molecular formula is C10H16O2. The number of benzene rings is 1. The third kappa shape index (κ3) is 3.51. The zero-order chi connectivity index (χ0) is 9.40. The van der Waals surface area contributed by atoms with Gasteiger partial charge in [0.05, 0.1) is 13.2 Å². The van der Waals surface area contributed by atoms with Crippen LogP contribution in [0.25, 0.3) is 0 Å². The van der Waals surface area contributed by atoms with Crippen molar-refractivity contribution in [3.05, 3.63) is 35.4 Å². The molecule has 0 aromatic heterocycles. The quantitative estimate of drug-likeness (QED) is 0.705. The molecule has 0 aliphatic heterocycles. The van der Waals surface area contributed by atoms with Crippen LogP contribution < -0.4 is 0 Å². The SMILES string of the molecule is CC.OCc1cccc(CO)c1. The van der Waals surface area contributed by atoms with Crippen LogP contribution in [-0.4, -0.2) is 10.2 Å². The molecule has 0 heterocycles. The van der Waals surface area contributed by atoms with E-state index in [1.165, 1.54) is 0 Å². The van der Waals surface area contributed by atoms with E-state index in [1.54, 1.807) is 6.07 Å². The largest absolute Gasteiger partial charge is 0.392 e. The molecule has 1 aromatic rings. The van der Waals surface area contributed by atoms with Crippen LogP contribution in [-0.2, 0) is 13.2 Å². The molecule has 1 aromatic carbocycles. The number of hydrogen-bond donors (Lipinski definition) is 2. The van der Waals surface area contributed by atoms with E-state index in [9.17, 15) is 0 Å². The Morgan fingerprint density at radius 2 is 1.42 bits per heavy atom. The first-order chi connectivity index (χ1) is 5.86. The van der Waals surface area contributed by atoms with Gasteiger partial charge in [0, 0.05) is 0 Å². The van der Waals surface area contributed by atoms with Crippen LogP contribution in [0.15, 0.2) is 24.3 Å². The van der Waals surface area contributed by atoms with Crippen molar-refractivity contribution in [1.29, 1.82) is 0 Å². The predicted molar refractivity (Wildman–Crippen MR) is 49.6 cm³/mol. The van der Waals surface area contributed by atoms with Crippen LogP contribution in [0.1, 0.15) is 25.0 Å². The summed E-state index contributed by atoms with van der Waals surface area (Å²) in [7, 11) is 0. The molecule has 12 heavy (non-hydrogen) atoms. The highest BCUT2D eigenvalue weighted by Gasteiger charge is 1.91. The standard InChI is InChI=1S/C8H10O2.C2H6/c9-5-7-2-1-3-8(4-7)6-10;1-2/h1-4,9-10H,5-6H2;1-2H3. The maximum atomic E-state index is 8.68. The Morgan fingerprint density at radius 1 is 1.00 bits per heavy atom. The van der Waals surface area contributed by atoms with E-state index >= 15 is 0 Å². The molecule has 0 bridgehead atoms. The van der Waals surface area contributed by atoms with E-state index in [4.69, 9.17) is 10.2 Å². The van der Waals surface area contributed by atoms with Crippen molar-refractivity contribution in [2.45, 2.75) is 27.1 Å². The van der Waals surface area contributed by atoms with Crippen molar-refractivity contribution >= 4 is 0 Å². The Bertz CT molecular complexity index is 189. The lowest BCUT2D eigenvalue weighted by Gasteiger charge is -1.97. The topological polar surface area (TPSA) is 40.5 Å². The van der Waals surface area contributed by atoms with Crippen LogP contribution in [0.4, 0.5) is 0 Å². The Balaban J connectivity index is 0.000000561. The van der Waals surface area contributed by atoms with Gasteiger partial charge in [0.2, 0.25) is 0 Å². The lowest BCUT2D eigenvalue weighted by atomic mass is 10.1. The Kier molecular flexibility index (Phi) is 6.34. The summed E-state index contributed by atoms with van der Waals surface area (Å²) in [4.78, 5) is 0. The lowest BCUT2D eigenvalue weighted by molar-refractivity contribution is 0.275. The summed E-state index contributed by atoms with van der Waals surface area (Å²) in [5.41, 5.74) is 1.68. The zero-order valence-electron chi connectivity index (χ0n) is 7.62. The molecule has 0 fully saturated rings. The Morgan fingerprint density at radius 3 is 1.75 bits per heavy atom. The van der Waals surface area contributed by atoms with Crippen LogP contribution in [0.2, 0.25) is 0 Å². The fraction of sp³-hybridized carbons (Fsp3) is 0.400. The van der Waals surface area contributed by atoms with E-state index < -0.39 is 0 Å². The number of aliphatic hydroxyl groups is 2. The molecule has 0 saturated heterocycles. The third-order valence-corrected chi connectivity index (χ3v) is 1.36. The summed E-state index contributed by atoms with van der Waals surface area (Å²) in [6.45, 7) is 4.07. The highest BCUT2D eigenvalue weighted by molar-refractivity contribution is 5.21. The van der Waals surface area contributed by atoms with Crippen molar-refractivity contribution in [1.82, 2.24) is 0 Å². The Hall–Kier alpha value is -0.860. The van der Waals surface area contributed by atoms with Crippen LogP contribution in [0.5, 0.6) is 0 Å². The average Bonchev–Trinajstić information content (AvgIpc) is 2.21. The first-order valence-corrected chi connectivity index (χ1v) is 4.16. The molecule has 0 aliphatic carbocycles. The molecule has 0 unspecified atom stereocenters. The monoisotopic (exact) mass is 168 g/mol. The van der Waals surface area contributed by atoms with Crippen molar-refractivity contribution in [2.75, 3.05) is 0 Å². The minimum Gasteiger partial charge on any atom is -0.392 e. The summed E-state index contributed by atoms with van der Waals surface area (Å²) in [5, 5.41) is 17.4. The minimum absolute atomic E-state index is 0.0356. The second kappa shape index (κ2) is 6.83. The number of rotatable bonds is 2. The first-order valence-electron chi connectivity index (χ1n) is 4.16. The van der Waals surface area contributed by atoms with Crippen molar-refractivity contribution in [3.63, 3.8) is 0 Å². The molecule has 0 saturated carbocycles. The van der Waals surface area contributed by atoms with Crippen molar-refractivity contribution in [2.24, 2.45) is 0 Å². The summed E-state index contributed by atoms with van der Waals surface area (Å²) in [6.07, 6.45) is 0. The first kappa shape index (κ1) is 11.1. The van der Waals surface area contributed by atoms with Crippen molar-refractivity contribution in [3.8, 4) is 0 Å². The van der Waals surface area contributed by atoms with Crippen LogP contribution in [0, 0.1) is 0 Å². The van der Waals surface area contributed by atoms with E-state index in [-0.39, 0.29) is 13.2 Å². The van der Waals surface area contributed by atoms with Gasteiger partial charge in [-0.3, -0.25) is 0 Å². The molecule has 2 nitrogen and oxygen atoms in total. The normalized spacial score (nSPS) is 8.67. The Labute approximate surface area is 73.5 Å². The van der Waals surface area contributed by atoms with Gasteiger partial charge in [-0.15, -0.1) is 0 Å². The molecule has 0 aliphatic rings. The summed E-state index contributed by atoms with van der Waals surface area (Å²) in [5.74, 6) is 0. The zero-order valence-corrected chi connectivity index (χ0v) is 7.62.